The van der Waals surface area contributed by atoms with Crippen molar-refractivity contribution in [3.05, 3.63) is 71.4 Å². The SMILES string of the molecule is COc1ccccc1CCNc1nc(C)cc(Nc2ccccc2C)n1. The summed E-state index contributed by atoms with van der Waals surface area (Å²) in [7, 11) is 1.69. The summed E-state index contributed by atoms with van der Waals surface area (Å²) in [5, 5.41) is 6.68. The number of nitrogens with one attached hydrogen (secondary N) is 2. The summed E-state index contributed by atoms with van der Waals surface area (Å²) in [5.41, 5.74) is 4.30. The molecule has 0 saturated heterocycles. The zero-order valence-corrected chi connectivity index (χ0v) is 15.4. The Labute approximate surface area is 154 Å². The number of aromatic nitrogens is 2. The number of para-hydroxylation sites is 2. The lowest BCUT2D eigenvalue weighted by molar-refractivity contribution is 0.410. The van der Waals surface area contributed by atoms with Gasteiger partial charge in [0.25, 0.3) is 0 Å². The lowest BCUT2D eigenvalue weighted by atomic mass is 10.1. The molecular weight excluding hydrogens is 324 g/mol. The molecule has 2 aromatic carbocycles. The number of benzene rings is 2. The van der Waals surface area contributed by atoms with Gasteiger partial charge in [0.1, 0.15) is 11.6 Å². The number of nitrogens with zero attached hydrogens (tertiary/aromatic N) is 2. The molecule has 134 valence electrons. The Morgan fingerprint density at radius 3 is 2.54 bits per heavy atom. The van der Waals surface area contributed by atoms with E-state index in [4.69, 9.17) is 4.74 Å². The Morgan fingerprint density at radius 1 is 0.962 bits per heavy atom. The molecule has 0 atom stereocenters. The van der Waals surface area contributed by atoms with Gasteiger partial charge in [-0.25, -0.2) is 4.98 Å². The van der Waals surface area contributed by atoms with Gasteiger partial charge in [-0.2, -0.15) is 4.98 Å². The second-order valence-electron chi connectivity index (χ2n) is 6.15. The van der Waals surface area contributed by atoms with Gasteiger partial charge >= 0.3 is 0 Å². The van der Waals surface area contributed by atoms with Gasteiger partial charge in [0.15, 0.2) is 0 Å². The molecule has 0 bridgehead atoms. The van der Waals surface area contributed by atoms with Crippen molar-refractivity contribution >= 4 is 17.5 Å². The highest BCUT2D eigenvalue weighted by Crippen LogP contribution is 2.21. The Morgan fingerprint density at radius 2 is 1.73 bits per heavy atom. The Kier molecular flexibility index (Phi) is 5.69. The third-order valence-electron chi connectivity index (χ3n) is 4.13. The number of hydrogen-bond acceptors (Lipinski definition) is 5. The maximum atomic E-state index is 5.39. The summed E-state index contributed by atoms with van der Waals surface area (Å²) in [6, 6.07) is 18.1. The highest BCUT2D eigenvalue weighted by Gasteiger charge is 2.05. The van der Waals surface area contributed by atoms with Crippen LogP contribution in [-0.2, 0) is 6.42 Å². The third kappa shape index (κ3) is 4.51. The Balaban J connectivity index is 1.67. The van der Waals surface area contributed by atoms with Crippen LogP contribution in [0.2, 0.25) is 0 Å². The standard InChI is InChI=1S/C21H24N4O/c1-15-8-4-6-10-18(15)24-20-14-16(2)23-21(25-20)22-13-12-17-9-5-7-11-19(17)26-3/h4-11,14H,12-13H2,1-3H3,(H2,22,23,24,25). The van der Waals surface area contributed by atoms with Crippen LogP contribution in [-0.4, -0.2) is 23.6 Å². The summed E-state index contributed by atoms with van der Waals surface area (Å²) in [6.07, 6.45) is 0.835. The smallest absolute Gasteiger partial charge is 0.224 e. The van der Waals surface area contributed by atoms with Crippen molar-refractivity contribution in [3.8, 4) is 5.75 Å². The summed E-state index contributed by atoms with van der Waals surface area (Å²) < 4.78 is 5.39. The van der Waals surface area contributed by atoms with Crippen LogP contribution in [0, 0.1) is 13.8 Å². The van der Waals surface area contributed by atoms with E-state index >= 15 is 0 Å². The molecule has 2 N–H and O–H groups in total. The van der Waals surface area contributed by atoms with Crippen molar-refractivity contribution < 1.29 is 4.74 Å². The molecule has 0 radical (unpaired) electrons. The van der Waals surface area contributed by atoms with Crippen LogP contribution >= 0.6 is 0 Å². The summed E-state index contributed by atoms with van der Waals surface area (Å²) >= 11 is 0. The van der Waals surface area contributed by atoms with Gasteiger partial charge in [-0.3, -0.25) is 0 Å². The van der Waals surface area contributed by atoms with Crippen LogP contribution in [0.1, 0.15) is 16.8 Å². The van der Waals surface area contributed by atoms with Crippen LogP contribution in [0.15, 0.2) is 54.6 Å². The van der Waals surface area contributed by atoms with Crippen LogP contribution in [0.4, 0.5) is 17.5 Å². The molecule has 0 spiro atoms. The van der Waals surface area contributed by atoms with Crippen molar-refractivity contribution in [1.29, 1.82) is 0 Å². The molecule has 0 unspecified atom stereocenters. The van der Waals surface area contributed by atoms with E-state index in [0.717, 1.165) is 41.5 Å². The molecule has 3 rings (SSSR count). The first kappa shape index (κ1) is 17.7. The maximum Gasteiger partial charge on any atom is 0.224 e. The first-order valence-corrected chi connectivity index (χ1v) is 8.70. The predicted molar refractivity (Wildman–Crippen MR) is 106 cm³/mol. The van der Waals surface area contributed by atoms with Gasteiger partial charge in [0.2, 0.25) is 5.95 Å². The van der Waals surface area contributed by atoms with Crippen LogP contribution < -0.4 is 15.4 Å². The van der Waals surface area contributed by atoms with Crippen LogP contribution in [0.5, 0.6) is 5.75 Å². The van der Waals surface area contributed by atoms with Gasteiger partial charge in [-0.15, -0.1) is 0 Å². The third-order valence-corrected chi connectivity index (χ3v) is 4.13. The van der Waals surface area contributed by atoms with E-state index in [1.807, 2.05) is 49.4 Å². The average molecular weight is 348 g/mol. The minimum atomic E-state index is 0.621. The van der Waals surface area contributed by atoms with Crippen LogP contribution in [0.25, 0.3) is 0 Å². The first-order chi connectivity index (χ1) is 12.7. The fourth-order valence-corrected chi connectivity index (χ4v) is 2.78. The summed E-state index contributed by atoms with van der Waals surface area (Å²) in [5.74, 6) is 2.31. The van der Waals surface area contributed by atoms with Crippen molar-refractivity contribution in [2.75, 3.05) is 24.3 Å². The van der Waals surface area contributed by atoms with Gasteiger partial charge < -0.3 is 15.4 Å². The van der Waals surface area contributed by atoms with E-state index in [9.17, 15) is 0 Å². The van der Waals surface area contributed by atoms with E-state index in [0.29, 0.717) is 5.95 Å². The predicted octanol–water partition coefficient (Wildman–Crippen LogP) is 4.50. The second kappa shape index (κ2) is 8.34. The number of ether oxygens (including phenoxy) is 1. The molecule has 5 heteroatoms. The zero-order chi connectivity index (χ0) is 18.4. The number of hydrogen-bond donors (Lipinski definition) is 2. The molecule has 5 nitrogen and oxygen atoms in total. The van der Waals surface area contributed by atoms with Gasteiger partial charge in [-0.05, 0) is 43.5 Å². The van der Waals surface area contributed by atoms with Gasteiger partial charge in [0.05, 0.1) is 7.11 Å². The summed E-state index contributed by atoms with van der Waals surface area (Å²) in [4.78, 5) is 9.06. The highest BCUT2D eigenvalue weighted by atomic mass is 16.5. The Bertz CT molecular complexity index is 879. The Hall–Kier alpha value is -3.08. The largest absolute Gasteiger partial charge is 0.496 e. The van der Waals surface area contributed by atoms with E-state index in [1.165, 1.54) is 5.56 Å². The van der Waals surface area contributed by atoms with Crippen molar-refractivity contribution in [3.63, 3.8) is 0 Å². The fourth-order valence-electron chi connectivity index (χ4n) is 2.78. The second-order valence-corrected chi connectivity index (χ2v) is 6.15. The lowest BCUT2D eigenvalue weighted by Gasteiger charge is -2.12. The molecule has 0 fully saturated rings. The molecular formula is C21H24N4O. The quantitative estimate of drug-likeness (QED) is 0.658. The molecule has 1 aromatic heterocycles. The molecule has 0 aliphatic carbocycles. The van der Waals surface area contributed by atoms with Crippen molar-refractivity contribution in [2.45, 2.75) is 20.3 Å². The van der Waals surface area contributed by atoms with Crippen molar-refractivity contribution in [2.24, 2.45) is 0 Å². The molecule has 3 aromatic rings. The van der Waals surface area contributed by atoms with Gasteiger partial charge in [-0.1, -0.05) is 36.4 Å². The van der Waals surface area contributed by atoms with E-state index in [2.05, 4.69) is 39.7 Å². The normalized spacial score (nSPS) is 10.4. The zero-order valence-electron chi connectivity index (χ0n) is 15.4. The van der Waals surface area contributed by atoms with Crippen molar-refractivity contribution in [1.82, 2.24) is 9.97 Å². The minimum Gasteiger partial charge on any atom is -0.496 e. The monoisotopic (exact) mass is 348 g/mol. The van der Waals surface area contributed by atoms with E-state index < -0.39 is 0 Å². The fraction of sp³-hybridized carbons (Fsp3) is 0.238. The number of methoxy groups -OCH3 is 1. The molecule has 0 aliphatic heterocycles. The van der Waals surface area contributed by atoms with Gasteiger partial charge in [0, 0.05) is 24.0 Å². The number of rotatable bonds is 7. The maximum absolute atomic E-state index is 5.39. The molecule has 1 heterocycles. The summed E-state index contributed by atoms with van der Waals surface area (Å²) in [6.45, 7) is 4.77. The molecule has 0 amide bonds. The lowest BCUT2D eigenvalue weighted by Crippen LogP contribution is -2.10. The van der Waals surface area contributed by atoms with E-state index in [1.54, 1.807) is 7.11 Å². The topological polar surface area (TPSA) is 59.1 Å². The molecule has 26 heavy (non-hydrogen) atoms. The minimum absolute atomic E-state index is 0.621. The average Bonchev–Trinajstić information content (AvgIpc) is 2.64. The van der Waals surface area contributed by atoms with Crippen LogP contribution in [0.3, 0.4) is 0 Å². The highest BCUT2D eigenvalue weighted by molar-refractivity contribution is 5.61. The first-order valence-electron chi connectivity index (χ1n) is 8.70. The molecule has 0 aliphatic rings. The van der Waals surface area contributed by atoms with E-state index in [-0.39, 0.29) is 0 Å². The number of anilines is 3. The molecule has 0 saturated carbocycles. The number of aryl methyl sites for hydroxylation is 2.